The van der Waals surface area contributed by atoms with Crippen molar-refractivity contribution >= 4 is 5.91 Å². The smallest absolute Gasteiger partial charge is 0.342 e. The Morgan fingerprint density at radius 2 is 2.05 bits per heavy atom. The number of amides is 1. The van der Waals surface area contributed by atoms with E-state index in [1.54, 1.807) is 6.08 Å². The topological polar surface area (TPSA) is 20.3 Å². The minimum Gasteiger partial charge on any atom is -0.342 e. The fourth-order valence-electron chi connectivity index (χ4n) is 1.67. The first kappa shape index (κ1) is 16.2. The van der Waals surface area contributed by atoms with Crippen LogP contribution >= 0.6 is 0 Å². The summed E-state index contributed by atoms with van der Waals surface area (Å²) in [6.45, 7) is 3.93. The third kappa shape index (κ3) is 4.08. The van der Waals surface area contributed by atoms with Crippen LogP contribution in [0.4, 0.5) is 17.6 Å². The Morgan fingerprint density at radius 3 is 2.60 bits per heavy atom. The van der Waals surface area contributed by atoms with E-state index in [-0.39, 0.29) is 5.56 Å². The summed E-state index contributed by atoms with van der Waals surface area (Å²) in [5.41, 5.74) is -1.61. The van der Waals surface area contributed by atoms with E-state index in [9.17, 15) is 22.4 Å². The fraction of sp³-hybridized carbons (Fsp3) is 0.357. The number of carbonyl (C=O) groups is 1. The summed E-state index contributed by atoms with van der Waals surface area (Å²) in [7, 11) is 1.49. The summed E-state index contributed by atoms with van der Waals surface area (Å²) >= 11 is 0. The van der Waals surface area contributed by atoms with Gasteiger partial charge in [0.2, 0.25) is 0 Å². The number of allylic oxidation sites excluding steroid dienone is 1. The van der Waals surface area contributed by atoms with Gasteiger partial charge in [-0.2, -0.15) is 13.2 Å². The van der Waals surface area contributed by atoms with Gasteiger partial charge in [0, 0.05) is 19.2 Å². The van der Waals surface area contributed by atoms with Crippen LogP contribution in [0.25, 0.3) is 0 Å². The van der Waals surface area contributed by atoms with Crippen molar-refractivity contribution in [3.63, 3.8) is 0 Å². The number of alkyl halides is 3. The predicted octanol–water partition coefficient (Wildman–Crippen LogP) is 3.88. The normalized spacial score (nSPS) is 11.2. The van der Waals surface area contributed by atoms with Gasteiger partial charge in [-0.1, -0.05) is 6.08 Å². The van der Waals surface area contributed by atoms with Crippen molar-refractivity contribution < 1.29 is 22.4 Å². The first-order valence-corrected chi connectivity index (χ1v) is 6.00. The van der Waals surface area contributed by atoms with Crippen LogP contribution in [0.2, 0.25) is 0 Å². The molecule has 0 aliphatic carbocycles. The highest BCUT2D eigenvalue weighted by molar-refractivity contribution is 5.94. The molecule has 0 radical (unpaired) electrons. The Kier molecular flexibility index (Phi) is 5.30. The highest BCUT2D eigenvalue weighted by Gasteiger charge is 2.34. The molecule has 0 bridgehead atoms. The molecule has 6 heteroatoms. The SMILES string of the molecule is C=CCCCN(C)C(=O)c1ccc(F)c(C(F)(F)F)c1. The zero-order chi connectivity index (χ0) is 15.3. The number of hydrogen-bond acceptors (Lipinski definition) is 1. The van der Waals surface area contributed by atoms with Gasteiger partial charge in [0.1, 0.15) is 5.82 Å². The van der Waals surface area contributed by atoms with Crippen molar-refractivity contribution in [1.29, 1.82) is 0 Å². The van der Waals surface area contributed by atoms with Crippen LogP contribution in [0, 0.1) is 5.82 Å². The quantitative estimate of drug-likeness (QED) is 0.457. The lowest BCUT2D eigenvalue weighted by Crippen LogP contribution is -2.28. The lowest BCUT2D eigenvalue weighted by Gasteiger charge is -2.17. The number of carbonyl (C=O) groups excluding carboxylic acids is 1. The third-order valence-corrected chi connectivity index (χ3v) is 2.77. The van der Waals surface area contributed by atoms with E-state index < -0.39 is 23.5 Å². The van der Waals surface area contributed by atoms with Crippen molar-refractivity contribution in [2.24, 2.45) is 0 Å². The molecule has 1 aromatic rings. The van der Waals surface area contributed by atoms with Crippen LogP contribution in [-0.2, 0) is 6.18 Å². The Labute approximate surface area is 114 Å². The first-order chi connectivity index (χ1) is 9.27. The highest BCUT2D eigenvalue weighted by Crippen LogP contribution is 2.32. The summed E-state index contributed by atoms with van der Waals surface area (Å²) in [5.74, 6) is -1.96. The summed E-state index contributed by atoms with van der Waals surface area (Å²) < 4.78 is 50.8. The molecule has 0 heterocycles. The molecule has 1 rings (SSSR count). The van der Waals surface area contributed by atoms with Gasteiger partial charge < -0.3 is 4.90 Å². The molecule has 0 N–H and O–H groups in total. The molecular weight excluding hydrogens is 274 g/mol. The van der Waals surface area contributed by atoms with E-state index in [0.717, 1.165) is 6.07 Å². The summed E-state index contributed by atoms with van der Waals surface area (Å²) in [6, 6.07) is 2.26. The second kappa shape index (κ2) is 6.54. The standard InChI is InChI=1S/C14H15F4NO/c1-3-4-5-8-19(2)13(20)10-6-7-12(15)11(9-10)14(16,17)18/h3,6-7,9H,1,4-5,8H2,2H3. The van der Waals surface area contributed by atoms with Gasteiger partial charge in [0.05, 0.1) is 5.56 Å². The molecule has 1 amide bonds. The van der Waals surface area contributed by atoms with Gasteiger partial charge in [-0.05, 0) is 31.0 Å². The van der Waals surface area contributed by atoms with E-state index in [2.05, 4.69) is 6.58 Å². The second-order valence-corrected chi connectivity index (χ2v) is 4.35. The number of rotatable bonds is 5. The minimum absolute atomic E-state index is 0.181. The number of unbranched alkanes of at least 4 members (excludes halogenated alkanes) is 1. The highest BCUT2D eigenvalue weighted by atomic mass is 19.4. The van der Waals surface area contributed by atoms with Crippen molar-refractivity contribution in [3.05, 3.63) is 47.8 Å². The monoisotopic (exact) mass is 289 g/mol. The molecule has 110 valence electrons. The molecule has 0 spiro atoms. The zero-order valence-corrected chi connectivity index (χ0v) is 11.0. The Hall–Kier alpha value is -1.85. The molecule has 0 atom stereocenters. The molecule has 2 nitrogen and oxygen atoms in total. The summed E-state index contributed by atoms with van der Waals surface area (Å²) in [6.07, 6.45) is -1.76. The maximum atomic E-state index is 13.1. The van der Waals surface area contributed by atoms with Gasteiger partial charge in [0.15, 0.2) is 0 Å². The largest absolute Gasteiger partial charge is 0.419 e. The molecule has 0 aliphatic heterocycles. The molecule has 0 aromatic heterocycles. The van der Waals surface area contributed by atoms with Crippen molar-refractivity contribution in [3.8, 4) is 0 Å². The molecule has 0 unspecified atom stereocenters. The van der Waals surface area contributed by atoms with Crippen molar-refractivity contribution in [1.82, 2.24) is 4.90 Å². The zero-order valence-electron chi connectivity index (χ0n) is 11.0. The Bertz CT molecular complexity index is 496. The lowest BCUT2D eigenvalue weighted by molar-refractivity contribution is -0.140. The minimum atomic E-state index is -4.82. The Morgan fingerprint density at radius 1 is 1.40 bits per heavy atom. The van der Waals surface area contributed by atoms with E-state index in [0.29, 0.717) is 31.5 Å². The van der Waals surface area contributed by atoms with Crippen LogP contribution in [0.5, 0.6) is 0 Å². The van der Waals surface area contributed by atoms with Gasteiger partial charge >= 0.3 is 6.18 Å². The molecule has 1 aromatic carbocycles. The van der Waals surface area contributed by atoms with Crippen LogP contribution in [0.1, 0.15) is 28.8 Å². The van der Waals surface area contributed by atoms with Gasteiger partial charge in [-0.3, -0.25) is 4.79 Å². The van der Waals surface area contributed by atoms with Gasteiger partial charge in [-0.15, -0.1) is 6.58 Å². The second-order valence-electron chi connectivity index (χ2n) is 4.35. The maximum absolute atomic E-state index is 13.1. The number of benzene rings is 1. The third-order valence-electron chi connectivity index (χ3n) is 2.77. The fourth-order valence-corrected chi connectivity index (χ4v) is 1.67. The molecular formula is C14H15F4NO. The average Bonchev–Trinajstić information content (AvgIpc) is 2.37. The average molecular weight is 289 g/mol. The summed E-state index contributed by atoms with van der Waals surface area (Å²) in [4.78, 5) is 13.2. The van der Waals surface area contributed by atoms with Crippen LogP contribution in [0.3, 0.4) is 0 Å². The van der Waals surface area contributed by atoms with Gasteiger partial charge in [-0.25, -0.2) is 4.39 Å². The number of nitrogens with zero attached hydrogens (tertiary/aromatic N) is 1. The molecule has 0 saturated carbocycles. The van der Waals surface area contributed by atoms with Crippen molar-refractivity contribution in [2.75, 3.05) is 13.6 Å². The lowest BCUT2D eigenvalue weighted by atomic mass is 10.1. The Balaban J connectivity index is 2.91. The van der Waals surface area contributed by atoms with Gasteiger partial charge in [0.25, 0.3) is 5.91 Å². The number of hydrogen-bond donors (Lipinski definition) is 0. The van der Waals surface area contributed by atoms with Crippen LogP contribution in [0.15, 0.2) is 30.9 Å². The van der Waals surface area contributed by atoms with Crippen molar-refractivity contribution in [2.45, 2.75) is 19.0 Å². The van der Waals surface area contributed by atoms with Crippen LogP contribution < -0.4 is 0 Å². The predicted molar refractivity (Wildman–Crippen MR) is 67.8 cm³/mol. The van der Waals surface area contributed by atoms with E-state index in [1.165, 1.54) is 11.9 Å². The van der Waals surface area contributed by atoms with E-state index >= 15 is 0 Å². The molecule has 0 fully saturated rings. The molecule has 20 heavy (non-hydrogen) atoms. The van der Waals surface area contributed by atoms with E-state index in [1.807, 2.05) is 0 Å². The molecule has 0 aliphatic rings. The van der Waals surface area contributed by atoms with E-state index in [4.69, 9.17) is 0 Å². The first-order valence-electron chi connectivity index (χ1n) is 6.00. The maximum Gasteiger partial charge on any atom is 0.419 e. The summed E-state index contributed by atoms with van der Waals surface area (Å²) in [5, 5.41) is 0. The number of halogens is 4. The molecule has 0 saturated heterocycles. The van der Waals surface area contributed by atoms with Crippen LogP contribution in [-0.4, -0.2) is 24.4 Å².